The summed E-state index contributed by atoms with van der Waals surface area (Å²) in [5, 5.41) is 33.5. The number of aromatic nitrogens is 6. The molecule has 41 heavy (non-hydrogen) atoms. The van der Waals surface area contributed by atoms with E-state index in [1.54, 1.807) is 45.9 Å². The van der Waals surface area contributed by atoms with Crippen molar-refractivity contribution < 1.29 is 29.6 Å². The molecule has 4 aromatic heterocycles. The summed E-state index contributed by atoms with van der Waals surface area (Å²) in [5.41, 5.74) is 1.78. The molecule has 14 nitrogen and oxygen atoms in total. The molecule has 0 unspecified atom stereocenters. The van der Waals surface area contributed by atoms with E-state index >= 15 is 0 Å². The Morgan fingerprint density at radius 3 is 1.68 bits per heavy atom. The van der Waals surface area contributed by atoms with Crippen LogP contribution in [0.15, 0.2) is 61.7 Å². The highest BCUT2D eigenvalue weighted by molar-refractivity contribution is 5.87. The standard InChI is InChI=1S/C14H18N4O3.C13H16N4O3/c1-3-10(8-19)17-13-6-11(4-5-15-13)18-7-12(16-9-18)14(20)21-2;1-2-9(7-18)16-12-5-10(3-4-14-12)17-6-11(13(19)20)15-8-17/h4-7,9-10,19H,3,8H2,1-2H3,(H,15,17);3-6,8-9,18H,2,7H2,1H3,(H,14,16)(H,19,20)/t10-;9-/m00/s1. The smallest absolute Gasteiger partial charge is 0.358 e. The number of carbonyl (C=O) groups excluding carboxylic acids is 1. The first-order valence-electron chi connectivity index (χ1n) is 12.9. The normalized spacial score (nSPS) is 12.0. The van der Waals surface area contributed by atoms with Crippen LogP contribution in [0.3, 0.4) is 0 Å². The zero-order valence-electron chi connectivity index (χ0n) is 23.0. The van der Waals surface area contributed by atoms with Crippen LogP contribution in [0.2, 0.25) is 0 Å². The molecule has 2 atom stereocenters. The van der Waals surface area contributed by atoms with Crippen LogP contribution in [0.25, 0.3) is 11.4 Å². The number of aromatic carboxylic acids is 1. The molecule has 0 aromatic carbocycles. The fraction of sp³-hybridized carbons (Fsp3) is 0.333. The van der Waals surface area contributed by atoms with Crippen LogP contribution in [0.1, 0.15) is 47.7 Å². The van der Waals surface area contributed by atoms with Crippen LogP contribution in [-0.4, -0.2) is 88.7 Å². The van der Waals surface area contributed by atoms with Gasteiger partial charge in [0, 0.05) is 36.9 Å². The zero-order chi connectivity index (χ0) is 29.8. The number of ether oxygens (including phenoxy) is 1. The lowest BCUT2D eigenvalue weighted by atomic mass is 10.2. The minimum absolute atomic E-state index is 0.0156. The molecule has 0 radical (unpaired) electrons. The first kappa shape index (κ1) is 30.7. The van der Waals surface area contributed by atoms with Crippen molar-refractivity contribution >= 4 is 23.6 Å². The Hall–Kier alpha value is -4.82. The van der Waals surface area contributed by atoms with Gasteiger partial charge in [0.15, 0.2) is 11.4 Å². The number of aliphatic hydroxyl groups is 2. The summed E-state index contributed by atoms with van der Waals surface area (Å²) in [6.45, 7) is 4.01. The molecule has 218 valence electrons. The average molecular weight is 567 g/mol. The lowest BCUT2D eigenvalue weighted by Gasteiger charge is -2.15. The molecule has 0 aliphatic carbocycles. The summed E-state index contributed by atoms with van der Waals surface area (Å²) in [6.07, 6.45) is 10.8. The summed E-state index contributed by atoms with van der Waals surface area (Å²) in [5.74, 6) is -0.273. The fourth-order valence-electron chi connectivity index (χ4n) is 3.54. The molecule has 0 saturated heterocycles. The van der Waals surface area contributed by atoms with Gasteiger partial charge in [0.2, 0.25) is 0 Å². The number of aliphatic hydroxyl groups excluding tert-OH is 2. The Labute approximate surface area is 236 Å². The van der Waals surface area contributed by atoms with Gasteiger partial charge < -0.3 is 39.8 Å². The van der Waals surface area contributed by atoms with Gasteiger partial charge in [-0.3, -0.25) is 0 Å². The first-order chi connectivity index (χ1) is 19.8. The van der Waals surface area contributed by atoms with Crippen molar-refractivity contribution in [3.8, 4) is 11.4 Å². The van der Waals surface area contributed by atoms with Crippen molar-refractivity contribution in [3.05, 3.63) is 73.1 Å². The highest BCUT2D eigenvalue weighted by Crippen LogP contribution is 2.15. The number of methoxy groups -OCH3 is 1. The number of rotatable bonds is 12. The summed E-state index contributed by atoms with van der Waals surface area (Å²) in [7, 11) is 1.32. The second-order valence-corrected chi connectivity index (χ2v) is 8.79. The maximum absolute atomic E-state index is 11.4. The predicted octanol–water partition coefficient (Wildman–Crippen LogP) is 2.38. The zero-order valence-corrected chi connectivity index (χ0v) is 23.0. The highest BCUT2D eigenvalue weighted by atomic mass is 16.5. The van der Waals surface area contributed by atoms with Gasteiger partial charge >= 0.3 is 11.9 Å². The predicted molar refractivity (Wildman–Crippen MR) is 151 cm³/mol. The fourth-order valence-corrected chi connectivity index (χ4v) is 3.54. The molecule has 0 aliphatic heterocycles. The molecule has 4 heterocycles. The van der Waals surface area contributed by atoms with Gasteiger partial charge in [-0.05, 0) is 25.0 Å². The van der Waals surface area contributed by atoms with Gasteiger partial charge in [-0.25, -0.2) is 29.5 Å². The van der Waals surface area contributed by atoms with Crippen LogP contribution >= 0.6 is 0 Å². The summed E-state index contributed by atoms with van der Waals surface area (Å²) in [4.78, 5) is 38.4. The summed E-state index contributed by atoms with van der Waals surface area (Å²) >= 11 is 0. The number of carboxylic acid groups (broad SMARTS) is 1. The Morgan fingerprint density at radius 2 is 1.29 bits per heavy atom. The number of carbonyl (C=O) groups is 2. The largest absolute Gasteiger partial charge is 0.476 e. The van der Waals surface area contributed by atoms with Crippen LogP contribution < -0.4 is 10.6 Å². The Bertz CT molecular complexity index is 1410. The van der Waals surface area contributed by atoms with Crippen molar-refractivity contribution in [2.45, 2.75) is 38.8 Å². The van der Waals surface area contributed by atoms with Gasteiger partial charge in [-0.15, -0.1) is 0 Å². The minimum Gasteiger partial charge on any atom is -0.476 e. The van der Waals surface area contributed by atoms with Crippen molar-refractivity contribution in [1.29, 1.82) is 0 Å². The van der Waals surface area contributed by atoms with E-state index in [-0.39, 0.29) is 36.7 Å². The van der Waals surface area contributed by atoms with Crippen LogP contribution in [0, 0.1) is 0 Å². The van der Waals surface area contributed by atoms with E-state index in [0.717, 1.165) is 24.2 Å². The average Bonchev–Trinajstić information content (AvgIpc) is 3.70. The molecule has 0 aliphatic rings. The Kier molecular flexibility index (Phi) is 11.3. The van der Waals surface area contributed by atoms with Crippen molar-refractivity contribution in [2.24, 2.45) is 0 Å². The summed E-state index contributed by atoms with van der Waals surface area (Å²) in [6, 6.07) is 7.04. The maximum Gasteiger partial charge on any atom is 0.358 e. The third kappa shape index (κ3) is 8.58. The van der Waals surface area contributed by atoms with Crippen LogP contribution in [-0.2, 0) is 4.74 Å². The van der Waals surface area contributed by atoms with Crippen molar-refractivity contribution in [2.75, 3.05) is 31.0 Å². The van der Waals surface area contributed by atoms with E-state index in [4.69, 9.17) is 10.2 Å². The third-order valence-corrected chi connectivity index (χ3v) is 5.99. The molecule has 4 rings (SSSR count). The monoisotopic (exact) mass is 566 g/mol. The van der Waals surface area contributed by atoms with E-state index in [2.05, 4.69) is 35.3 Å². The van der Waals surface area contributed by atoms with Gasteiger partial charge in [0.25, 0.3) is 0 Å². The quantitative estimate of drug-likeness (QED) is 0.158. The number of hydrogen-bond acceptors (Lipinski definition) is 11. The molecule has 0 bridgehead atoms. The molecule has 0 spiro atoms. The van der Waals surface area contributed by atoms with E-state index < -0.39 is 11.9 Å². The molecule has 4 aromatic rings. The molecular formula is C27H34N8O6. The molecule has 5 N–H and O–H groups in total. The lowest BCUT2D eigenvalue weighted by molar-refractivity contribution is 0.0593. The first-order valence-corrected chi connectivity index (χ1v) is 12.9. The molecule has 0 amide bonds. The van der Waals surface area contributed by atoms with Crippen molar-refractivity contribution in [1.82, 2.24) is 29.1 Å². The number of hydrogen-bond donors (Lipinski definition) is 5. The number of esters is 1. The second kappa shape index (κ2) is 15.1. The maximum atomic E-state index is 11.4. The van der Waals surface area contributed by atoms with E-state index in [1.165, 1.54) is 26.0 Å². The topological polar surface area (TPSA) is 190 Å². The Morgan fingerprint density at radius 1 is 0.829 bits per heavy atom. The van der Waals surface area contributed by atoms with E-state index in [0.29, 0.717) is 11.6 Å². The number of anilines is 2. The number of pyridine rings is 2. The van der Waals surface area contributed by atoms with Gasteiger partial charge in [-0.1, -0.05) is 13.8 Å². The van der Waals surface area contributed by atoms with Crippen molar-refractivity contribution in [3.63, 3.8) is 0 Å². The van der Waals surface area contributed by atoms with Crippen LogP contribution in [0.4, 0.5) is 11.6 Å². The number of carboxylic acids is 1. The molecule has 0 saturated carbocycles. The van der Waals surface area contributed by atoms with Crippen LogP contribution in [0.5, 0.6) is 0 Å². The second-order valence-electron chi connectivity index (χ2n) is 8.79. The van der Waals surface area contributed by atoms with E-state index in [1.807, 2.05) is 19.9 Å². The highest BCUT2D eigenvalue weighted by Gasteiger charge is 2.12. The third-order valence-electron chi connectivity index (χ3n) is 5.99. The van der Waals surface area contributed by atoms with Gasteiger partial charge in [0.05, 0.1) is 43.8 Å². The summed E-state index contributed by atoms with van der Waals surface area (Å²) < 4.78 is 7.94. The lowest BCUT2D eigenvalue weighted by Crippen LogP contribution is -2.23. The number of nitrogens with zero attached hydrogens (tertiary/aromatic N) is 6. The minimum atomic E-state index is -1.07. The van der Waals surface area contributed by atoms with Gasteiger partial charge in [0.1, 0.15) is 24.3 Å². The SMILES string of the molecule is CC[C@@H](CO)Nc1cc(-n2cnc(C(=O)O)c2)ccn1.CC[C@@H](CO)Nc1cc(-n2cnc(C(=O)OC)c2)ccn1. The molecule has 0 fully saturated rings. The Balaban J connectivity index is 0.000000226. The van der Waals surface area contributed by atoms with Gasteiger partial charge in [-0.2, -0.15) is 0 Å². The number of imidazole rings is 2. The number of nitrogens with one attached hydrogen (secondary N) is 2. The van der Waals surface area contributed by atoms with E-state index in [9.17, 15) is 14.7 Å². The molecular weight excluding hydrogens is 532 g/mol. The molecule has 14 heteroatoms.